The van der Waals surface area contributed by atoms with Crippen LogP contribution in [0.25, 0.3) is 0 Å². The lowest BCUT2D eigenvalue weighted by molar-refractivity contribution is 0.0851. The summed E-state index contributed by atoms with van der Waals surface area (Å²) in [5, 5.41) is 3.45. The van der Waals surface area contributed by atoms with Gasteiger partial charge in [0.05, 0.1) is 0 Å². The van der Waals surface area contributed by atoms with Gasteiger partial charge in [-0.2, -0.15) is 0 Å². The monoisotopic (exact) mass is 356 g/mol. The Balaban J connectivity index is 1.65. The molecular weight excluding hydrogens is 336 g/mol. The largest absolute Gasteiger partial charge is 0.324 e. The Morgan fingerprint density at radius 2 is 1.92 bits per heavy atom. The number of urea groups is 1. The lowest BCUT2D eigenvalue weighted by Crippen LogP contribution is -2.44. The molecule has 1 N–H and O–H groups in total. The first-order valence-corrected chi connectivity index (χ1v) is 8.83. The number of amides is 2. The minimum absolute atomic E-state index is 0.0512. The average Bonchev–Trinajstić information content (AvgIpc) is 2.63. The van der Waals surface area contributed by atoms with Gasteiger partial charge in [0, 0.05) is 35.3 Å². The molecule has 0 unspecified atom stereocenters. The lowest BCUT2D eigenvalue weighted by atomic mass is 9.90. The van der Waals surface area contributed by atoms with Crippen molar-refractivity contribution < 1.29 is 9.59 Å². The van der Waals surface area contributed by atoms with Crippen LogP contribution in [-0.2, 0) is 0 Å². The van der Waals surface area contributed by atoms with Gasteiger partial charge >= 0.3 is 6.03 Å². The van der Waals surface area contributed by atoms with Gasteiger partial charge in [-0.3, -0.25) is 4.79 Å². The van der Waals surface area contributed by atoms with Crippen molar-refractivity contribution in [3.05, 3.63) is 64.7 Å². The van der Waals surface area contributed by atoms with Crippen molar-refractivity contribution in [1.82, 2.24) is 4.90 Å². The SMILES string of the molecule is Cc1ccc(NC(=O)N2CCC[C@@H](C(=O)c3cccc(Cl)c3)C2)cc1. The van der Waals surface area contributed by atoms with Crippen molar-refractivity contribution in [3.63, 3.8) is 0 Å². The van der Waals surface area contributed by atoms with Gasteiger partial charge in [-0.15, -0.1) is 0 Å². The summed E-state index contributed by atoms with van der Waals surface area (Å²) in [7, 11) is 0. The van der Waals surface area contributed by atoms with Crippen molar-refractivity contribution in [2.75, 3.05) is 18.4 Å². The third kappa shape index (κ3) is 4.40. The van der Waals surface area contributed by atoms with E-state index in [1.54, 1.807) is 29.2 Å². The van der Waals surface area contributed by atoms with Crippen molar-refractivity contribution in [1.29, 1.82) is 0 Å². The summed E-state index contributed by atoms with van der Waals surface area (Å²) in [6.45, 7) is 3.10. The molecule has 1 fully saturated rings. The highest BCUT2D eigenvalue weighted by atomic mass is 35.5. The van der Waals surface area contributed by atoms with E-state index in [1.807, 2.05) is 31.2 Å². The summed E-state index contributed by atoms with van der Waals surface area (Å²) in [6.07, 6.45) is 1.61. The number of nitrogens with zero attached hydrogens (tertiary/aromatic N) is 1. The topological polar surface area (TPSA) is 49.4 Å². The molecular formula is C20H21ClN2O2. The molecule has 1 saturated heterocycles. The Morgan fingerprint density at radius 1 is 1.16 bits per heavy atom. The third-order valence-electron chi connectivity index (χ3n) is 4.49. The highest BCUT2D eigenvalue weighted by Crippen LogP contribution is 2.23. The molecule has 0 aromatic heterocycles. The average molecular weight is 357 g/mol. The van der Waals surface area contributed by atoms with Crippen LogP contribution in [0.2, 0.25) is 5.02 Å². The number of nitrogens with one attached hydrogen (secondary N) is 1. The molecule has 1 aliphatic heterocycles. The molecule has 2 aromatic rings. The summed E-state index contributed by atoms with van der Waals surface area (Å²) in [6, 6.07) is 14.5. The maximum Gasteiger partial charge on any atom is 0.321 e. The summed E-state index contributed by atoms with van der Waals surface area (Å²) in [5.74, 6) is -0.133. The molecule has 1 aliphatic rings. The van der Waals surface area contributed by atoms with Gasteiger partial charge in [0.15, 0.2) is 5.78 Å². The Kier molecular flexibility index (Phi) is 5.39. The lowest BCUT2D eigenvalue weighted by Gasteiger charge is -2.32. The maximum atomic E-state index is 12.7. The van der Waals surface area contributed by atoms with E-state index in [1.165, 1.54) is 0 Å². The second-order valence-corrected chi connectivity index (χ2v) is 6.89. The number of piperidine rings is 1. The van der Waals surface area contributed by atoms with Gasteiger partial charge in [0.25, 0.3) is 0 Å². The zero-order valence-electron chi connectivity index (χ0n) is 14.2. The summed E-state index contributed by atoms with van der Waals surface area (Å²) < 4.78 is 0. The number of hydrogen-bond acceptors (Lipinski definition) is 2. The van der Waals surface area contributed by atoms with E-state index in [-0.39, 0.29) is 17.7 Å². The number of benzene rings is 2. The maximum absolute atomic E-state index is 12.7. The molecule has 4 nitrogen and oxygen atoms in total. The summed E-state index contributed by atoms with van der Waals surface area (Å²) in [5.41, 5.74) is 2.51. The number of rotatable bonds is 3. The van der Waals surface area contributed by atoms with Crippen LogP contribution in [0.3, 0.4) is 0 Å². The third-order valence-corrected chi connectivity index (χ3v) is 4.73. The van der Waals surface area contributed by atoms with Crippen LogP contribution in [0.15, 0.2) is 48.5 Å². The second-order valence-electron chi connectivity index (χ2n) is 6.46. The minimum atomic E-state index is -0.184. The number of anilines is 1. The highest BCUT2D eigenvalue weighted by Gasteiger charge is 2.29. The van der Waals surface area contributed by atoms with Crippen molar-refractivity contribution in [2.45, 2.75) is 19.8 Å². The number of likely N-dealkylation sites (tertiary alicyclic amines) is 1. The molecule has 0 aliphatic carbocycles. The Morgan fingerprint density at radius 3 is 2.64 bits per heavy atom. The molecule has 25 heavy (non-hydrogen) atoms. The Labute approximate surface area is 152 Å². The van der Waals surface area contributed by atoms with Gasteiger partial charge < -0.3 is 10.2 Å². The minimum Gasteiger partial charge on any atom is -0.324 e. The first kappa shape index (κ1) is 17.5. The molecule has 0 radical (unpaired) electrons. The van der Waals surface area contributed by atoms with Crippen LogP contribution in [0.1, 0.15) is 28.8 Å². The van der Waals surface area contributed by atoms with Gasteiger partial charge in [-0.05, 0) is 44.0 Å². The molecule has 2 amide bonds. The van der Waals surface area contributed by atoms with E-state index in [9.17, 15) is 9.59 Å². The van der Waals surface area contributed by atoms with E-state index < -0.39 is 0 Å². The first-order valence-electron chi connectivity index (χ1n) is 8.45. The standard InChI is InChI=1S/C20H21ClN2O2/c1-14-7-9-18(10-8-14)22-20(25)23-11-3-5-16(13-23)19(24)15-4-2-6-17(21)12-15/h2,4,6-10,12,16H,3,5,11,13H2,1H3,(H,22,25)/t16-/m1/s1. The van der Waals surface area contributed by atoms with Crippen LogP contribution in [-0.4, -0.2) is 29.8 Å². The number of carbonyl (C=O) groups excluding carboxylic acids is 2. The highest BCUT2D eigenvalue weighted by molar-refractivity contribution is 6.31. The zero-order chi connectivity index (χ0) is 17.8. The predicted molar refractivity (Wildman–Crippen MR) is 100 cm³/mol. The smallest absolute Gasteiger partial charge is 0.321 e. The fourth-order valence-corrected chi connectivity index (χ4v) is 3.28. The fraction of sp³-hybridized carbons (Fsp3) is 0.300. The van der Waals surface area contributed by atoms with Crippen molar-refractivity contribution in [3.8, 4) is 0 Å². The van der Waals surface area contributed by atoms with Gasteiger partial charge in [0.2, 0.25) is 0 Å². The van der Waals surface area contributed by atoms with Crippen LogP contribution in [0.4, 0.5) is 10.5 Å². The molecule has 5 heteroatoms. The van der Waals surface area contributed by atoms with Crippen LogP contribution in [0, 0.1) is 12.8 Å². The predicted octanol–water partition coefficient (Wildman–Crippen LogP) is 4.78. The van der Waals surface area contributed by atoms with E-state index >= 15 is 0 Å². The van der Waals surface area contributed by atoms with Crippen LogP contribution < -0.4 is 5.32 Å². The number of halogens is 1. The van der Waals surface area contributed by atoms with Crippen molar-refractivity contribution in [2.24, 2.45) is 5.92 Å². The van der Waals surface area contributed by atoms with Gasteiger partial charge in [-0.25, -0.2) is 4.79 Å². The Hall–Kier alpha value is -2.33. The van der Waals surface area contributed by atoms with E-state index in [4.69, 9.17) is 11.6 Å². The number of ketones is 1. The van der Waals surface area contributed by atoms with Gasteiger partial charge in [-0.1, -0.05) is 41.4 Å². The molecule has 0 bridgehead atoms. The van der Waals surface area contributed by atoms with E-state index in [2.05, 4.69) is 5.32 Å². The van der Waals surface area contributed by atoms with E-state index in [0.29, 0.717) is 23.7 Å². The fourth-order valence-electron chi connectivity index (χ4n) is 3.09. The molecule has 0 spiro atoms. The van der Waals surface area contributed by atoms with Gasteiger partial charge in [0.1, 0.15) is 0 Å². The number of hydrogen-bond donors (Lipinski definition) is 1. The van der Waals surface area contributed by atoms with Crippen molar-refractivity contribution >= 4 is 29.1 Å². The van der Waals surface area contributed by atoms with Crippen LogP contribution >= 0.6 is 11.6 Å². The molecule has 2 aromatic carbocycles. The van der Waals surface area contributed by atoms with E-state index in [0.717, 1.165) is 24.1 Å². The first-order chi connectivity index (χ1) is 12.0. The van der Waals surface area contributed by atoms with Crippen LogP contribution in [0.5, 0.6) is 0 Å². The summed E-state index contributed by atoms with van der Waals surface area (Å²) >= 11 is 5.98. The normalized spacial score (nSPS) is 17.2. The molecule has 3 rings (SSSR count). The number of carbonyl (C=O) groups is 2. The second kappa shape index (κ2) is 7.70. The quantitative estimate of drug-likeness (QED) is 0.805. The summed E-state index contributed by atoms with van der Waals surface area (Å²) in [4.78, 5) is 26.9. The number of Topliss-reactive ketones (excluding diaryl/α,β-unsaturated/α-hetero) is 1. The molecule has 0 saturated carbocycles. The molecule has 130 valence electrons. The molecule has 1 heterocycles. The zero-order valence-corrected chi connectivity index (χ0v) is 14.9. The number of aryl methyl sites for hydroxylation is 1. The Bertz CT molecular complexity index is 774. The molecule has 1 atom stereocenters.